The van der Waals surface area contributed by atoms with Gasteiger partial charge in [-0.15, -0.1) is 0 Å². The first kappa shape index (κ1) is 13.0. The first-order chi connectivity index (χ1) is 9.11. The molecule has 2 heterocycles. The molecule has 0 saturated carbocycles. The van der Waals surface area contributed by atoms with Crippen molar-refractivity contribution >= 4 is 17.6 Å². The van der Waals surface area contributed by atoms with E-state index in [2.05, 4.69) is 20.4 Å². The minimum Gasteiger partial charge on any atom is -0.462 e. The molecule has 0 unspecified atom stereocenters. The number of nitrogens with zero attached hydrogens (tertiary/aromatic N) is 4. The molecule has 0 aliphatic carbocycles. The maximum atomic E-state index is 11.8. The number of hydrogen-bond acceptors (Lipinski definition) is 6. The van der Waals surface area contributed by atoms with Gasteiger partial charge in [0.15, 0.2) is 0 Å². The van der Waals surface area contributed by atoms with E-state index in [-0.39, 0.29) is 0 Å². The first-order valence-electron chi connectivity index (χ1n) is 5.86. The van der Waals surface area contributed by atoms with Crippen LogP contribution in [0, 0.1) is 6.92 Å². The highest BCUT2D eigenvalue weighted by atomic mass is 16.5. The number of anilines is 2. The first-order valence-corrected chi connectivity index (χ1v) is 5.86. The zero-order chi connectivity index (χ0) is 13.8. The Morgan fingerprint density at radius 3 is 2.95 bits per heavy atom. The molecule has 0 radical (unpaired) electrons. The molecule has 0 atom stereocenters. The van der Waals surface area contributed by atoms with Gasteiger partial charge >= 0.3 is 5.97 Å². The summed E-state index contributed by atoms with van der Waals surface area (Å²) in [5.74, 6) is 0.724. The van der Waals surface area contributed by atoms with Crippen molar-refractivity contribution < 1.29 is 9.53 Å². The van der Waals surface area contributed by atoms with Gasteiger partial charge in [-0.3, -0.25) is 4.68 Å². The number of hydrogen-bond donors (Lipinski definition) is 1. The smallest absolute Gasteiger partial charge is 0.343 e. The van der Waals surface area contributed by atoms with Crippen LogP contribution in [-0.4, -0.2) is 32.3 Å². The number of ether oxygens (including phenoxy) is 1. The molecule has 100 valence electrons. The number of esters is 1. The Bertz CT molecular complexity index is 594. The summed E-state index contributed by atoms with van der Waals surface area (Å²) in [6, 6.07) is 1.78. The van der Waals surface area contributed by atoms with Crippen molar-refractivity contribution in [2.45, 2.75) is 13.8 Å². The Morgan fingerprint density at radius 2 is 2.26 bits per heavy atom. The molecular weight excluding hydrogens is 246 g/mol. The molecule has 7 heteroatoms. The third kappa shape index (κ3) is 2.87. The molecule has 0 amide bonds. The van der Waals surface area contributed by atoms with E-state index in [1.165, 1.54) is 12.5 Å². The van der Waals surface area contributed by atoms with Crippen molar-refractivity contribution in [1.82, 2.24) is 19.7 Å². The van der Waals surface area contributed by atoms with Gasteiger partial charge in [0.05, 0.1) is 12.8 Å². The maximum absolute atomic E-state index is 11.8. The summed E-state index contributed by atoms with van der Waals surface area (Å²) >= 11 is 0. The van der Waals surface area contributed by atoms with E-state index in [0.29, 0.717) is 23.8 Å². The van der Waals surface area contributed by atoms with Crippen molar-refractivity contribution in [3.63, 3.8) is 0 Å². The highest BCUT2D eigenvalue weighted by Gasteiger charge is 2.17. The molecule has 0 saturated heterocycles. The second kappa shape index (κ2) is 5.47. The summed E-state index contributed by atoms with van der Waals surface area (Å²) in [6.45, 7) is 3.94. The van der Waals surface area contributed by atoms with Gasteiger partial charge < -0.3 is 10.1 Å². The van der Waals surface area contributed by atoms with Crippen LogP contribution < -0.4 is 5.32 Å². The minimum atomic E-state index is -0.413. The molecule has 19 heavy (non-hydrogen) atoms. The largest absolute Gasteiger partial charge is 0.462 e. The summed E-state index contributed by atoms with van der Waals surface area (Å²) in [4.78, 5) is 19.9. The zero-order valence-corrected chi connectivity index (χ0v) is 11.0. The van der Waals surface area contributed by atoms with Crippen LogP contribution >= 0.6 is 0 Å². The summed E-state index contributed by atoms with van der Waals surface area (Å²) in [6.07, 6.45) is 2.92. The molecule has 0 aliphatic heterocycles. The standard InChI is InChI=1S/C12H15N5O2/c1-4-19-12(18)9-6-15-17(3)11(9)16-10-5-8(2)13-7-14-10/h5-7H,4H2,1-3H3,(H,13,14,16). The maximum Gasteiger partial charge on any atom is 0.343 e. The second-order valence-corrected chi connectivity index (χ2v) is 3.92. The summed E-state index contributed by atoms with van der Waals surface area (Å²) < 4.78 is 6.54. The molecule has 0 bridgehead atoms. The van der Waals surface area contributed by atoms with Crippen molar-refractivity contribution in [2.75, 3.05) is 11.9 Å². The highest BCUT2D eigenvalue weighted by Crippen LogP contribution is 2.19. The Morgan fingerprint density at radius 1 is 1.47 bits per heavy atom. The van der Waals surface area contributed by atoms with Gasteiger partial charge in [-0.2, -0.15) is 5.10 Å². The van der Waals surface area contributed by atoms with Crippen LogP contribution in [0.4, 0.5) is 11.6 Å². The van der Waals surface area contributed by atoms with Crippen LogP contribution in [0.25, 0.3) is 0 Å². The van der Waals surface area contributed by atoms with Gasteiger partial charge in [-0.25, -0.2) is 14.8 Å². The van der Waals surface area contributed by atoms with Crippen LogP contribution in [0.2, 0.25) is 0 Å². The molecule has 0 aromatic carbocycles. The molecule has 2 aromatic rings. The monoisotopic (exact) mass is 261 g/mol. The predicted octanol–water partition coefficient (Wildman–Crippen LogP) is 1.44. The molecule has 0 fully saturated rings. The number of carbonyl (C=O) groups is 1. The molecule has 2 aromatic heterocycles. The van der Waals surface area contributed by atoms with Crippen LogP contribution in [0.1, 0.15) is 23.0 Å². The summed E-state index contributed by atoms with van der Waals surface area (Å²) in [7, 11) is 1.74. The zero-order valence-electron chi connectivity index (χ0n) is 11.0. The summed E-state index contributed by atoms with van der Waals surface area (Å²) in [5, 5.41) is 7.10. The van der Waals surface area contributed by atoms with Gasteiger partial charge in [0.25, 0.3) is 0 Å². The van der Waals surface area contributed by atoms with Gasteiger partial charge in [0, 0.05) is 18.8 Å². The molecule has 7 nitrogen and oxygen atoms in total. The van der Waals surface area contributed by atoms with Crippen molar-refractivity contribution in [3.05, 3.63) is 29.8 Å². The lowest BCUT2D eigenvalue weighted by Gasteiger charge is -2.08. The molecule has 0 spiro atoms. The topological polar surface area (TPSA) is 81.9 Å². The fourth-order valence-corrected chi connectivity index (χ4v) is 1.59. The Kier molecular flexibility index (Phi) is 3.74. The summed E-state index contributed by atoms with van der Waals surface area (Å²) in [5.41, 5.74) is 1.21. The fourth-order valence-electron chi connectivity index (χ4n) is 1.59. The number of carbonyl (C=O) groups excluding carboxylic acids is 1. The lowest BCUT2D eigenvalue weighted by molar-refractivity contribution is 0.0527. The van der Waals surface area contributed by atoms with E-state index < -0.39 is 5.97 Å². The molecule has 1 N–H and O–H groups in total. The number of aryl methyl sites for hydroxylation is 2. The van der Waals surface area contributed by atoms with Crippen LogP contribution in [0.15, 0.2) is 18.6 Å². The van der Waals surface area contributed by atoms with Gasteiger partial charge in [0.1, 0.15) is 23.5 Å². The van der Waals surface area contributed by atoms with Gasteiger partial charge in [-0.05, 0) is 13.8 Å². The van der Waals surface area contributed by atoms with E-state index >= 15 is 0 Å². The van der Waals surface area contributed by atoms with Crippen LogP contribution in [0.5, 0.6) is 0 Å². The van der Waals surface area contributed by atoms with E-state index in [4.69, 9.17) is 4.74 Å². The van der Waals surface area contributed by atoms with Crippen LogP contribution in [-0.2, 0) is 11.8 Å². The molecular formula is C12H15N5O2. The number of rotatable bonds is 4. The average molecular weight is 261 g/mol. The Hall–Kier alpha value is -2.44. The van der Waals surface area contributed by atoms with E-state index in [1.807, 2.05) is 6.92 Å². The fraction of sp³-hybridized carbons (Fsp3) is 0.333. The SMILES string of the molecule is CCOC(=O)c1cnn(C)c1Nc1cc(C)ncn1. The van der Waals surface area contributed by atoms with Gasteiger partial charge in [0.2, 0.25) is 0 Å². The van der Waals surface area contributed by atoms with Crippen molar-refractivity contribution in [1.29, 1.82) is 0 Å². The highest BCUT2D eigenvalue weighted by molar-refractivity contribution is 5.95. The number of nitrogens with one attached hydrogen (secondary N) is 1. The normalized spacial score (nSPS) is 10.3. The van der Waals surface area contributed by atoms with E-state index in [9.17, 15) is 4.79 Å². The van der Waals surface area contributed by atoms with Crippen molar-refractivity contribution in [2.24, 2.45) is 7.05 Å². The van der Waals surface area contributed by atoms with E-state index in [1.54, 1.807) is 24.7 Å². The third-order valence-corrected chi connectivity index (χ3v) is 2.48. The Labute approximate surface area is 110 Å². The predicted molar refractivity (Wildman–Crippen MR) is 69.2 cm³/mol. The quantitative estimate of drug-likeness (QED) is 0.839. The third-order valence-electron chi connectivity index (χ3n) is 2.48. The Balaban J connectivity index is 2.29. The average Bonchev–Trinajstić information content (AvgIpc) is 2.72. The second-order valence-electron chi connectivity index (χ2n) is 3.92. The molecule has 0 aliphatic rings. The number of aromatic nitrogens is 4. The lowest BCUT2D eigenvalue weighted by atomic mass is 10.3. The van der Waals surface area contributed by atoms with Gasteiger partial charge in [-0.1, -0.05) is 0 Å². The minimum absolute atomic E-state index is 0.319. The lowest BCUT2D eigenvalue weighted by Crippen LogP contribution is -2.09. The van der Waals surface area contributed by atoms with Crippen LogP contribution in [0.3, 0.4) is 0 Å². The molecule has 2 rings (SSSR count). The van der Waals surface area contributed by atoms with E-state index in [0.717, 1.165) is 5.69 Å². The van der Waals surface area contributed by atoms with Crippen molar-refractivity contribution in [3.8, 4) is 0 Å².